The Hall–Kier alpha value is -4.06. The van der Waals surface area contributed by atoms with E-state index in [2.05, 4.69) is 4.98 Å². The van der Waals surface area contributed by atoms with Gasteiger partial charge in [0.05, 0.1) is 37.6 Å². The summed E-state index contributed by atoms with van der Waals surface area (Å²) in [7, 11) is 3.20. The number of aromatic amines is 1. The van der Waals surface area contributed by atoms with Gasteiger partial charge in [-0.25, -0.2) is 4.79 Å². The average Bonchev–Trinajstić information content (AvgIpc) is 2.84. The summed E-state index contributed by atoms with van der Waals surface area (Å²) in [5, 5.41) is 0.415. The van der Waals surface area contributed by atoms with Crippen LogP contribution >= 0.6 is 0 Å². The Balaban J connectivity index is 1.98. The van der Waals surface area contributed by atoms with Crippen LogP contribution in [-0.4, -0.2) is 31.8 Å². The zero-order valence-corrected chi connectivity index (χ0v) is 18.1. The highest BCUT2D eigenvalue weighted by molar-refractivity contribution is 5.97. The van der Waals surface area contributed by atoms with Crippen LogP contribution in [0.15, 0.2) is 71.5 Å². The number of ether oxygens (including phenoxy) is 3. The molecule has 6 nitrogen and oxygen atoms in total. The van der Waals surface area contributed by atoms with Crippen molar-refractivity contribution < 1.29 is 19.0 Å². The maximum absolute atomic E-state index is 13.7. The number of hydrogen-bond donors (Lipinski definition) is 1. The molecule has 4 rings (SSSR count). The number of H-pyrrole nitrogens is 1. The molecule has 0 unspecified atom stereocenters. The largest absolute Gasteiger partial charge is 0.497 e. The Morgan fingerprint density at radius 2 is 1.44 bits per heavy atom. The van der Waals surface area contributed by atoms with E-state index < -0.39 is 5.97 Å². The molecule has 162 valence electrons. The monoisotopic (exact) mass is 429 g/mol. The highest BCUT2D eigenvalue weighted by atomic mass is 16.5. The lowest BCUT2D eigenvalue weighted by Crippen LogP contribution is -2.11. The van der Waals surface area contributed by atoms with E-state index >= 15 is 0 Å². The van der Waals surface area contributed by atoms with Crippen molar-refractivity contribution in [3.8, 4) is 33.9 Å². The lowest BCUT2D eigenvalue weighted by atomic mass is 9.96. The van der Waals surface area contributed by atoms with Crippen LogP contribution in [0, 0.1) is 0 Å². The summed E-state index contributed by atoms with van der Waals surface area (Å²) in [6.45, 7) is 2.01. The van der Waals surface area contributed by atoms with E-state index in [4.69, 9.17) is 14.2 Å². The summed E-state index contributed by atoms with van der Waals surface area (Å²) in [5.74, 6) is 0.961. The highest BCUT2D eigenvalue weighted by Crippen LogP contribution is 2.32. The van der Waals surface area contributed by atoms with Crippen LogP contribution in [0.3, 0.4) is 0 Å². The first-order valence-corrected chi connectivity index (χ1v) is 10.2. The molecule has 0 saturated heterocycles. The quantitative estimate of drug-likeness (QED) is 0.434. The second-order valence-corrected chi connectivity index (χ2v) is 7.14. The normalized spacial score (nSPS) is 10.7. The molecule has 1 N–H and O–H groups in total. The molecule has 0 fully saturated rings. The van der Waals surface area contributed by atoms with Gasteiger partial charge >= 0.3 is 5.97 Å². The van der Waals surface area contributed by atoms with Crippen LogP contribution in [0.25, 0.3) is 33.3 Å². The number of rotatable bonds is 6. The van der Waals surface area contributed by atoms with Crippen LogP contribution in [0.4, 0.5) is 0 Å². The zero-order valence-electron chi connectivity index (χ0n) is 18.1. The van der Waals surface area contributed by atoms with Crippen molar-refractivity contribution in [2.24, 2.45) is 0 Å². The Kier molecular flexibility index (Phi) is 5.94. The van der Waals surface area contributed by atoms with Gasteiger partial charge in [-0.1, -0.05) is 12.1 Å². The Labute approximate surface area is 185 Å². The van der Waals surface area contributed by atoms with Crippen molar-refractivity contribution in [3.05, 3.63) is 82.5 Å². The summed E-state index contributed by atoms with van der Waals surface area (Å²) in [6, 6.07) is 19.8. The fraction of sp³-hybridized carbons (Fsp3) is 0.154. The lowest BCUT2D eigenvalue weighted by Gasteiger charge is -2.14. The lowest BCUT2D eigenvalue weighted by molar-refractivity contribution is 0.0526. The van der Waals surface area contributed by atoms with Gasteiger partial charge in [-0.05, 0) is 72.6 Å². The van der Waals surface area contributed by atoms with Gasteiger partial charge in [-0.15, -0.1) is 0 Å². The molecule has 32 heavy (non-hydrogen) atoms. The predicted octanol–water partition coefficient (Wildman–Crippen LogP) is 5.06. The van der Waals surface area contributed by atoms with E-state index in [0.717, 1.165) is 16.9 Å². The molecule has 0 radical (unpaired) electrons. The van der Waals surface area contributed by atoms with Gasteiger partial charge in [0.15, 0.2) is 5.43 Å². The van der Waals surface area contributed by atoms with Crippen molar-refractivity contribution in [1.29, 1.82) is 0 Å². The van der Waals surface area contributed by atoms with Crippen molar-refractivity contribution in [2.45, 2.75) is 6.92 Å². The molecule has 0 aliphatic rings. The fourth-order valence-corrected chi connectivity index (χ4v) is 3.64. The number of esters is 1. The maximum atomic E-state index is 13.7. The number of hydrogen-bond acceptors (Lipinski definition) is 5. The van der Waals surface area contributed by atoms with E-state index in [-0.39, 0.29) is 12.0 Å². The summed E-state index contributed by atoms with van der Waals surface area (Å²) in [5.41, 5.74) is 3.55. The molecule has 6 heteroatoms. The van der Waals surface area contributed by atoms with E-state index in [1.807, 2.05) is 48.5 Å². The van der Waals surface area contributed by atoms with Gasteiger partial charge in [0.2, 0.25) is 0 Å². The standard InChI is InChI=1S/C26H23NO5/c1-4-32-26(29)18-9-14-22-21(15-18)25(28)23(16-5-10-19(30-2)11-6-16)24(27-22)17-7-12-20(31-3)13-8-17/h5-15H,4H2,1-3H3,(H,27,28). The van der Waals surface area contributed by atoms with Gasteiger partial charge in [0, 0.05) is 10.9 Å². The number of pyridine rings is 1. The molecule has 0 aliphatic carbocycles. The molecule has 1 heterocycles. The average molecular weight is 429 g/mol. The van der Waals surface area contributed by atoms with Gasteiger partial charge < -0.3 is 19.2 Å². The van der Waals surface area contributed by atoms with E-state index in [0.29, 0.717) is 33.5 Å². The molecule has 0 bridgehead atoms. The molecule has 3 aromatic carbocycles. The summed E-state index contributed by atoms with van der Waals surface area (Å²) >= 11 is 0. The minimum Gasteiger partial charge on any atom is -0.497 e. The second kappa shape index (κ2) is 8.98. The highest BCUT2D eigenvalue weighted by Gasteiger charge is 2.18. The number of fused-ring (bicyclic) bond motifs is 1. The van der Waals surface area contributed by atoms with Gasteiger partial charge in [0.1, 0.15) is 11.5 Å². The van der Waals surface area contributed by atoms with Crippen LogP contribution in [-0.2, 0) is 4.74 Å². The zero-order chi connectivity index (χ0) is 22.7. The first-order chi connectivity index (χ1) is 15.5. The molecule has 0 spiro atoms. The third-order valence-corrected chi connectivity index (χ3v) is 5.27. The third-order valence-electron chi connectivity index (χ3n) is 5.27. The number of carbonyl (C=O) groups excluding carboxylic acids is 1. The third kappa shape index (κ3) is 3.95. The number of benzene rings is 3. The number of aromatic nitrogens is 1. The minimum atomic E-state index is -0.459. The van der Waals surface area contributed by atoms with Crippen LogP contribution in [0.1, 0.15) is 17.3 Å². The smallest absolute Gasteiger partial charge is 0.338 e. The summed E-state index contributed by atoms with van der Waals surface area (Å²) in [4.78, 5) is 29.3. The maximum Gasteiger partial charge on any atom is 0.338 e. The molecular formula is C26H23NO5. The second-order valence-electron chi connectivity index (χ2n) is 7.14. The van der Waals surface area contributed by atoms with Crippen molar-refractivity contribution >= 4 is 16.9 Å². The Morgan fingerprint density at radius 1 is 0.844 bits per heavy atom. The Morgan fingerprint density at radius 3 is 2.00 bits per heavy atom. The topological polar surface area (TPSA) is 77.6 Å². The predicted molar refractivity (Wildman–Crippen MR) is 125 cm³/mol. The van der Waals surface area contributed by atoms with E-state index in [1.165, 1.54) is 0 Å². The first kappa shape index (κ1) is 21.2. The van der Waals surface area contributed by atoms with Crippen molar-refractivity contribution in [2.75, 3.05) is 20.8 Å². The summed E-state index contributed by atoms with van der Waals surface area (Å²) in [6.07, 6.45) is 0. The number of methoxy groups -OCH3 is 2. The molecule has 4 aromatic rings. The van der Waals surface area contributed by atoms with E-state index in [9.17, 15) is 9.59 Å². The number of carbonyl (C=O) groups is 1. The van der Waals surface area contributed by atoms with E-state index in [1.54, 1.807) is 39.3 Å². The fourth-order valence-electron chi connectivity index (χ4n) is 3.64. The number of nitrogens with one attached hydrogen (secondary N) is 1. The minimum absolute atomic E-state index is 0.180. The van der Waals surface area contributed by atoms with Crippen LogP contribution < -0.4 is 14.9 Å². The molecule has 0 aliphatic heterocycles. The molecule has 1 aromatic heterocycles. The van der Waals surface area contributed by atoms with Crippen LogP contribution in [0.2, 0.25) is 0 Å². The van der Waals surface area contributed by atoms with Crippen molar-refractivity contribution in [1.82, 2.24) is 4.98 Å². The van der Waals surface area contributed by atoms with Gasteiger partial charge in [-0.2, -0.15) is 0 Å². The molecule has 0 amide bonds. The molecule has 0 saturated carbocycles. The van der Waals surface area contributed by atoms with Crippen LogP contribution in [0.5, 0.6) is 11.5 Å². The Bertz CT molecular complexity index is 1320. The first-order valence-electron chi connectivity index (χ1n) is 10.2. The molecular weight excluding hydrogens is 406 g/mol. The van der Waals surface area contributed by atoms with Gasteiger partial charge in [0.25, 0.3) is 0 Å². The SMILES string of the molecule is CCOC(=O)c1ccc2[nH]c(-c3ccc(OC)cc3)c(-c3ccc(OC)cc3)c(=O)c2c1. The summed E-state index contributed by atoms with van der Waals surface area (Å²) < 4.78 is 15.6. The van der Waals surface area contributed by atoms with Crippen molar-refractivity contribution in [3.63, 3.8) is 0 Å². The van der Waals surface area contributed by atoms with Gasteiger partial charge in [-0.3, -0.25) is 4.79 Å². The molecule has 0 atom stereocenters.